The van der Waals surface area contributed by atoms with E-state index in [9.17, 15) is 18.0 Å². The maximum Gasteiger partial charge on any atom is 0.416 e. The standard InChI is InChI=1S/C22H27F3N4O/c1-3-28(4-2)20-10-7-18(15-26-20)21(30)29-13-11-27(12-14-29)16-17-5-8-19(9-6-17)22(23,24)25/h5-10,15H,3-4,11-14,16H2,1-2H3. The number of rotatable bonds is 6. The number of pyridine rings is 1. The van der Waals surface area contributed by atoms with Gasteiger partial charge in [-0.3, -0.25) is 9.69 Å². The van der Waals surface area contributed by atoms with Crippen LogP contribution in [0.4, 0.5) is 19.0 Å². The molecule has 0 saturated carbocycles. The molecule has 162 valence electrons. The Morgan fingerprint density at radius 1 is 1.00 bits per heavy atom. The van der Waals surface area contributed by atoms with E-state index in [2.05, 4.69) is 28.6 Å². The van der Waals surface area contributed by atoms with E-state index in [4.69, 9.17) is 0 Å². The smallest absolute Gasteiger partial charge is 0.357 e. The van der Waals surface area contributed by atoms with E-state index in [0.29, 0.717) is 38.3 Å². The highest BCUT2D eigenvalue weighted by Crippen LogP contribution is 2.29. The van der Waals surface area contributed by atoms with Crippen molar-refractivity contribution in [3.05, 3.63) is 59.3 Å². The van der Waals surface area contributed by atoms with Crippen LogP contribution in [0, 0.1) is 0 Å². The van der Waals surface area contributed by atoms with E-state index in [0.717, 1.165) is 36.6 Å². The van der Waals surface area contributed by atoms with Gasteiger partial charge < -0.3 is 9.80 Å². The number of hydrogen-bond acceptors (Lipinski definition) is 4. The minimum Gasteiger partial charge on any atom is -0.357 e. The number of piperazine rings is 1. The van der Waals surface area contributed by atoms with E-state index < -0.39 is 11.7 Å². The molecule has 0 unspecified atom stereocenters. The first-order valence-electron chi connectivity index (χ1n) is 10.2. The Bertz CT molecular complexity index is 825. The fourth-order valence-corrected chi connectivity index (χ4v) is 3.60. The van der Waals surface area contributed by atoms with Gasteiger partial charge >= 0.3 is 6.18 Å². The topological polar surface area (TPSA) is 39.7 Å². The molecule has 0 radical (unpaired) electrons. The van der Waals surface area contributed by atoms with Gasteiger partial charge in [-0.05, 0) is 43.7 Å². The zero-order valence-electron chi connectivity index (χ0n) is 17.3. The van der Waals surface area contributed by atoms with Gasteiger partial charge in [0.15, 0.2) is 0 Å². The summed E-state index contributed by atoms with van der Waals surface area (Å²) in [6, 6.07) is 8.96. The number of anilines is 1. The summed E-state index contributed by atoms with van der Waals surface area (Å²) in [5.41, 5.74) is 0.767. The van der Waals surface area contributed by atoms with Crippen molar-refractivity contribution in [2.45, 2.75) is 26.6 Å². The monoisotopic (exact) mass is 420 g/mol. The van der Waals surface area contributed by atoms with E-state index in [1.165, 1.54) is 12.1 Å². The number of carbonyl (C=O) groups is 1. The molecule has 0 spiro atoms. The summed E-state index contributed by atoms with van der Waals surface area (Å²) in [5.74, 6) is 0.820. The molecule has 0 atom stereocenters. The molecule has 30 heavy (non-hydrogen) atoms. The fourth-order valence-electron chi connectivity index (χ4n) is 3.60. The van der Waals surface area contributed by atoms with Crippen LogP contribution in [0.1, 0.15) is 35.3 Å². The highest BCUT2D eigenvalue weighted by atomic mass is 19.4. The lowest BCUT2D eigenvalue weighted by Crippen LogP contribution is -2.48. The van der Waals surface area contributed by atoms with Crippen LogP contribution >= 0.6 is 0 Å². The van der Waals surface area contributed by atoms with Crippen molar-refractivity contribution in [1.82, 2.24) is 14.8 Å². The molecule has 2 heterocycles. The van der Waals surface area contributed by atoms with Crippen LogP contribution in [0.3, 0.4) is 0 Å². The van der Waals surface area contributed by atoms with Crippen LogP contribution in [0.5, 0.6) is 0 Å². The number of alkyl halides is 3. The highest BCUT2D eigenvalue weighted by Gasteiger charge is 2.30. The molecule has 2 aromatic rings. The minimum absolute atomic E-state index is 0.0391. The third kappa shape index (κ3) is 5.30. The molecule has 5 nitrogen and oxygen atoms in total. The van der Waals surface area contributed by atoms with E-state index in [-0.39, 0.29) is 5.91 Å². The molecule has 3 rings (SSSR count). The molecule has 1 aromatic heterocycles. The molecular formula is C22H27F3N4O. The van der Waals surface area contributed by atoms with Gasteiger partial charge in [-0.25, -0.2) is 4.98 Å². The van der Waals surface area contributed by atoms with Crippen LogP contribution in [0.15, 0.2) is 42.6 Å². The third-order valence-electron chi connectivity index (χ3n) is 5.43. The largest absolute Gasteiger partial charge is 0.416 e. The highest BCUT2D eigenvalue weighted by molar-refractivity contribution is 5.94. The van der Waals surface area contributed by atoms with Crippen LogP contribution in [-0.2, 0) is 12.7 Å². The zero-order valence-corrected chi connectivity index (χ0v) is 17.3. The molecule has 0 bridgehead atoms. The van der Waals surface area contributed by atoms with Crippen LogP contribution in [0.25, 0.3) is 0 Å². The molecule has 1 aliphatic rings. The van der Waals surface area contributed by atoms with Crippen LogP contribution < -0.4 is 4.90 Å². The van der Waals surface area contributed by atoms with Crippen molar-refractivity contribution in [2.24, 2.45) is 0 Å². The first kappa shape index (κ1) is 22.1. The Labute approximate surface area is 175 Å². The summed E-state index contributed by atoms with van der Waals surface area (Å²) in [5, 5.41) is 0. The van der Waals surface area contributed by atoms with Gasteiger partial charge in [0, 0.05) is 52.0 Å². The number of carbonyl (C=O) groups excluding carboxylic acids is 1. The van der Waals surface area contributed by atoms with Crippen molar-refractivity contribution in [3.8, 4) is 0 Å². The molecule has 8 heteroatoms. The zero-order chi connectivity index (χ0) is 21.7. The molecule has 1 aliphatic heterocycles. The maximum atomic E-state index is 12.8. The number of aromatic nitrogens is 1. The quantitative estimate of drug-likeness (QED) is 0.711. The van der Waals surface area contributed by atoms with E-state index in [1.807, 2.05) is 12.1 Å². The third-order valence-corrected chi connectivity index (χ3v) is 5.43. The van der Waals surface area contributed by atoms with Gasteiger partial charge in [-0.1, -0.05) is 12.1 Å². The van der Waals surface area contributed by atoms with Gasteiger partial charge in [0.05, 0.1) is 11.1 Å². The number of halogens is 3. The lowest BCUT2D eigenvalue weighted by atomic mass is 10.1. The van der Waals surface area contributed by atoms with Gasteiger partial charge in [0.25, 0.3) is 5.91 Å². The summed E-state index contributed by atoms with van der Waals surface area (Å²) in [7, 11) is 0. The van der Waals surface area contributed by atoms with Gasteiger partial charge in [0.1, 0.15) is 5.82 Å². The normalized spacial score (nSPS) is 15.3. The summed E-state index contributed by atoms with van der Waals surface area (Å²) >= 11 is 0. The predicted molar refractivity (Wildman–Crippen MR) is 110 cm³/mol. The molecule has 0 aliphatic carbocycles. The van der Waals surface area contributed by atoms with Crippen molar-refractivity contribution in [3.63, 3.8) is 0 Å². The first-order valence-corrected chi connectivity index (χ1v) is 10.2. The van der Waals surface area contributed by atoms with Gasteiger partial charge in [-0.2, -0.15) is 13.2 Å². The number of hydrogen-bond donors (Lipinski definition) is 0. The number of amides is 1. The average Bonchev–Trinajstić information content (AvgIpc) is 2.75. The summed E-state index contributed by atoms with van der Waals surface area (Å²) < 4.78 is 38.0. The number of benzene rings is 1. The lowest BCUT2D eigenvalue weighted by molar-refractivity contribution is -0.137. The Balaban J connectivity index is 1.53. The summed E-state index contributed by atoms with van der Waals surface area (Å²) in [6.07, 6.45) is -2.69. The Morgan fingerprint density at radius 3 is 2.13 bits per heavy atom. The SMILES string of the molecule is CCN(CC)c1ccc(C(=O)N2CCN(Cc3ccc(C(F)(F)F)cc3)CC2)cn1. The second-order valence-corrected chi connectivity index (χ2v) is 7.34. The van der Waals surface area contributed by atoms with Gasteiger partial charge in [-0.15, -0.1) is 0 Å². The predicted octanol–water partition coefficient (Wildman–Crippen LogP) is 3.90. The Morgan fingerprint density at radius 2 is 1.63 bits per heavy atom. The van der Waals surface area contributed by atoms with Crippen molar-refractivity contribution in [2.75, 3.05) is 44.2 Å². The first-order chi connectivity index (χ1) is 14.3. The number of nitrogens with zero attached hydrogens (tertiary/aromatic N) is 4. The van der Waals surface area contributed by atoms with Crippen molar-refractivity contribution in [1.29, 1.82) is 0 Å². The van der Waals surface area contributed by atoms with E-state index in [1.54, 1.807) is 11.1 Å². The van der Waals surface area contributed by atoms with Crippen molar-refractivity contribution >= 4 is 11.7 Å². The molecule has 1 amide bonds. The second kappa shape index (κ2) is 9.47. The molecule has 1 aromatic carbocycles. The molecule has 0 N–H and O–H groups in total. The molecular weight excluding hydrogens is 393 g/mol. The Hall–Kier alpha value is -2.61. The van der Waals surface area contributed by atoms with E-state index >= 15 is 0 Å². The van der Waals surface area contributed by atoms with Gasteiger partial charge in [0.2, 0.25) is 0 Å². The second-order valence-electron chi connectivity index (χ2n) is 7.34. The average molecular weight is 420 g/mol. The van der Waals surface area contributed by atoms with Crippen LogP contribution in [0.2, 0.25) is 0 Å². The minimum atomic E-state index is -4.32. The summed E-state index contributed by atoms with van der Waals surface area (Å²) in [4.78, 5) is 23.3. The van der Waals surface area contributed by atoms with Crippen molar-refractivity contribution < 1.29 is 18.0 Å². The Kier molecular flexibility index (Phi) is 6.97. The fraction of sp³-hybridized carbons (Fsp3) is 0.455. The summed E-state index contributed by atoms with van der Waals surface area (Å²) in [6.45, 7) is 8.93. The lowest BCUT2D eigenvalue weighted by Gasteiger charge is -2.34. The maximum absolute atomic E-state index is 12.8. The van der Waals surface area contributed by atoms with Crippen LogP contribution in [-0.4, -0.2) is 60.0 Å². The molecule has 1 fully saturated rings. The molecule has 1 saturated heterocycles.